The predicted octanol–water partition coefficient (Wildman–Crippen LogP) is 2.04. The number of rotatable bonds is 6. The van der Waals surface area contributed by atoms with Crippen LogP contribution in [0.5, 0.6) is 0 Å². The zero-order chi connectivity index (χ0) is 17.8. The van der Waals surface area contributed by atoms with Crippen molar-refractivity contribution in [1.29, 1.82) is 0 Å². The van der Waals surface area contributed by atoms with Crippen LogP contribution >= 0.6 is 0 Å². The van der Waals surface area contributed by atoms with E-state index in [1.807, 2.05) is 36.4 Å². The van der Waals surface area contributed by atoms with E-state index in [1.54, 1.807) is 6.20 Å². The minimum absolute atomic E-state index is 0.00126. The third kappa shape index (κ3) is 4.24. The van der Waals surface area contributed by atoms with E-state index in [-0.39, 0.29) is 24.5 Å². The van der Waals surface area contributed by atoms with Crippen LogP contribution in [0.1, 0.15) is 26.0 Å². The van der Waals surface area contributed by atoms with Gasteiger partial charge in [-0.2, -0.15) is 0 Å². The zero-order valence-corrected chi connectivity index (χ0v) is 14.8. The molecule has 0 saturated heterocycles. The van der Waals surface area contributed by atoms with Crippen LogP contribution in [0, 0.1) is 11.8 Å². The van der Waals surface area contributed by atoms with Crippen molar-refractivity contribution in [2.45, 2.75) is 44.9 Å². The first-order chi connectivity index (χ1) is 12.1. The fourth-order valence-corrected chi connectivity index (χ4v) is 3.84. The Morgan fingerprint density at radius 2 is 1.92 bits per heavy atom. The summed E-state index contributed by atoms with van der Waals surface area (Å²) in [6, 6.07) is 12.4. The van der Waals surface area contributed by atoms with Crippen LogP contribution in [0.3, 0.4) is 0 Å². The van der Waals surface area contributed by atoms with E-state index in [0.29, 0.717) is 18.3 Å². The topological polar surface area (TPSA) is 78.3 Å². The molecule has 1 fully saturated rings. The summed E-state index contributed by atoms with van der Waals surface area (Å²) in [7, 11) is 0. The summed E-state index contributed by atoms with van der Waals surface area (Å²) in [5, 5.41) is 23.6. The van der Waals surface area contributed by atoms with Gasteiger partial charge in [-0.15, -0.1) is 0 Å². The molecule has 0 radical (unpaired) electrons. The molecule has 0 aliphatic heterocycles. The van der Waals surface area contributed by atoms with E-state index in [4.69, 9.17) is 4.98 Å². The van der Waals surface area contributed by atoms with Crippen LogP contribution in [0.4, 0.5) is 0 Å². The average molecular weight is 341 g/mol. The highest BCUT2D eigenvalue weighted by Gasteiger charge is 2.42. The second-order valence-corrected chi connectivity index (χ2v) is 7.18. The van der Waals surface area contributed by atoms with E-state index in [0.717, 1.165) is 17.7 Å². The molecule has 3 rings (SSSR count). The number of hydrogen-bond donors (Lipinski definition) is 3. The molecule has 1 aromatic carbocycles. The van der Waals surface area contributed by atoms with E-state index in [1.165, 1.54) is 0 Å². The SMILES string of the molecule is CC(C)N[C@@H]1C[C@@H](O)[C@H](CO)[C@H]1Cc1ccnc(-c2ccccc2)n1. The smallest absolute Gasteiger partial charge is 0.159 e. The molecule has 25 heavy (non-hydrogen) atoms. The lowest BCUT2D eigenvalue weighted by molar-refractivity contribution is 0.0715. The number of benzene rings is 1. The Hall–Kier alpha value is -1.82. The van der Waals surface area contributed by atoms with Crippen LogP contribution < -0.4 is 5.32 Å². The van der Waals surface area contributed by atoms with Gasteiger partial charge in [-0.3, -0.25) is 0 Å². The maximum atomic E-state index is 10.3. The second kappa shape index (κ2) is 8.04. The van der Waals surface area contributed by atoms with Crippen molar-refractivity contribution in [3.63, 3.8) is 0 Å². The first-order valence-electron chi connectivity index (χ1n) is 9.00. The molecule has 0 spiro atoms. The molecule has 1 heterocycles. The highest BCUT2D eigenvalue weighted by molar-refractivity contribution is 5.54. The summed E-state index contributed by atoms with van der Waals surface area (Å²) in [5.74, 6) is 0.748. The van der Waals surface area contributed by atoms with Gasteiger partial charge in [0.05, 0.1) is 6.10 Å². The molecular formula is C20H27N3O2. The van der Waals surface area contributed by atoms with Gasteiger partial charge in [0, 0.05) is 42.1 Å². The molecule has 5 nitrogen and oxygen atoms in total. The highest BCUT2D eigenvalue weighted by atomic mass is 16.3. The highest BCUT2D eigenvalue weighted by Crippen LogP contribution is 2.35. The number of aromatic nitrogens is 2. The Bertz CT molecular complexity index is 678. The maximum Gasteiger partial charge on any atom is 0.159 e. The first-order valence-corrected chi connectivity index (χ1v) is 9.00. The first kappa shape index (κ1) is 18.0. The molecule has 0 unspecified atom stereocenters. The standard InChI is InChI=1S/C20H27N3O2/c1-13(2)22-18-11-19(25)17(12-24)16(18)10-15-8-9-21-20(23-15)14-6-4-3-5-7-14/h3-9,13,16-19,22,24-25H,10-12H2,1-2H3/t16-,17-,18-,19-/m1/s1. The largest absolute Gasteiger partial charge is 0.396 e. The summed E-state index contributed by atoms with van der Waals surface area (Å²) < 4.78 is 0. The summed E-state index contributed by atoms with van der Waals surface area (Å²) in [6.45, 7) is 4.21. The Morgan fingerprint density at radius 3 is 2.60 bits per heavy atom. The van der Waals surface area contributed by atoms with Crippen molar-refractivity contribution in [1.82, 2.24) is 15.3 Å². The molecule has 1 aromatic heterocycles. The Balaban J connectivity index is 1.82. The van der Waals surface area contributed by atoms with Crippen LogP contribution in [-0.4, -0.2) is 45.0 Å². The quantitative estimate of drug-likeness (QED) is 0.749. The zero-order valence-electron chi connectivity index (χ0n) is 14.8. The van der Waals surface area contributed by atoms with E-state index in [9.17, 15) is 10.2 Å². The molecule has 5 heteroatoms. The Morgan fingerprint density at radius 1 is 1.16 bits per heavy atom. The van der Waals surface area contributed by atoms with Gasteiger partial charge in [0.2, 0.25) is 0 Å². The summed E-state index contributed by atoms with van der Waals surface area (Å²) in [4.78, 5) is 9.09. The van der Waals surface area contributed by atoms with Crippen LogP contribution in [0.15, 0.2) is 42.6 Å². The van der Waals surface area contributed by atoms with Crippen LogP contribution in [0.25, 0.3) is 11.4 Å². The average Bonchev–Trinajstić information content (AvgIpc) is 2.89. The van der Waals surface area contributed by atoms with E-state index >= 15 is 0 Å². The van der Waals surface area contributed by atoms with Crippen molar-refractivity contribution < 1.29 is 10.2 Å². The van der Waals surface area contributed by atoms with Crippen LogP contribution in [0.2, 0.25) is 0 Å². The molecule has 1 aliphatic carbocycles. The molecule has 0 amide bonds. The van der Waals surface area contributed by atoms with Crippen LogP contribution in [-0.2, 0) is 6.42 Å². The number of hydrogen-bond acceptors (Lipinski definition) is 5. The second-order valence-electron chi connectivity index (χ2n) is 7.18. The van der Waals surface area contributed by atoms with Crippen molar-refractivity contribution in [3.8, 4) is 11.4 Å². The lowest BCUT2D eigenvalue weighted by Gasteiger charge is -2.26. The summed E-state index contributed by atoms with van der Waals surface area (Å²) in [6.07, 6.45) is 2.70. The summed E-state index contributed by atoms with van der Waals surface area (Å²) in [5.41, 5.74) is 1.94. The normalized spacial score (nSPS) is 26.3. The van der Waals surface area contributed by atoms with Crippen molar-refractivity contribution in [2.75, 3.05) is 6.61 Å². The lowest BCUT2D eigenvalue weighted by Crippen LogP contribution is -2.40. The molecule has 1 saturated carbocycles. The van der Waals surface area contributed by atoms with Gasteiger partial charge in [0.15, 0.2) is 5.82 Å². The van der Waals surface area contributed by atoms with Gasteiger partial charge < -0.3 is 15.5 Å². The van der Waals surface area contributed by atoms with E-state index in [2.05, 4.69) is 24.1 Å². The molecule has 0 bridgehead atoms. The lowest BCUT2D eigenvalue weighted by atomic mass is 9.88. The fraction of sp³-hybridized carbons (Fsp3) is 0.500. The van der Waals surface area contributed by atoms with Gasteiger partial charge in [-0.05, 0) is 24.8 Å². The van der Waals surface area contributed by atoms with Gasteiger partial charge in [0.1, 0.15) is 0 Å². The fourth-order valence-electron chi connectivity index (χ4n) is 3.84. The molecule has 1 aliphatic rings. The number of aliphatic hydroxyl groups is 2. The van der Waals surface area contributed by atoms with Crippen molar-refractivity contribution in [3.05, 3.63) is 48.3 Å². The monoisotopic (exact) mass is 341 g/mol. The maximum absolute atomic E-state index is 10.3. The Kier molecular flexibility index (Phi) is 5.78. The van der Waals surface area contributed by atoms with Gasteiger partial charge >= 0.3 is 0 Å². The molecule has 134 valence electrons. The van der Waals surface area contributed by atoms with Crippen molar-refractivity contribution >= 4 is 0 Å². The minimum Gasteiger partial charge on any atom is -0.396 e. The third-order valence-electron chi connectivity index (χ3n) is 5.00. The summed E-state index contributed by atoms with van der Waals surface area (Å²) >= 11 is 0. The Labute approximate surface area is 149 Å². The predicted molar refractivity (Wildman–Crippen MR) is 97.9 cm³/mol. The third-order valence-corrected chi connectivity index (χ3v) is 5.00. The molecular weight excluding hydrogens is 314 g/mol. The van der Waals surface area contributed by atoms with E-state index < -0.39 is 6.10 Å². The number of nitrogens with zero attached hydrogens (tertiary/aromatic N) is 2. The number of nitrogens with one attached hydrogen (secondary N) is 1. The molecule has 2 aromatic rings. The van der Waals surface area contributed by atoms with Gasteiger partial charge in [0.25, 0.3) is 0 Å². The van der Waals surface area contributed by atoms with Crippen molar-refractivity contribution in [2.24, 2.45) is 11.8 Å². The van der Waals surface area contributed by atoms with Gasteiger partial charge in [-0.1, -0.05) is 44.2 Å². The van der Waals surface area contributed by atoms with Gasteiger partial charge in [-0.25, -0.2) is 9.97 Å². The molecule has 3 N–H and O–H groups in total. The number of aliphatic hydroxyl groups excluding tert-OH is 2. The minimum atomic E-state index is -0.471. The molecule has 4 atom stereocenters.